The number of amides is 1. The lowest BCUT2D eigenvalue weighted by atomic mass is 10.00. The lowest BCUT2D eigenvalue weighted by Crippen LogP contribution is -2.46. The van der Waals surface area contributed by atoms with Crippen LogP contribution in [0.1, 0.15) is 48.8 Å². The molecule has 0 aliphatic heterocycles. The van der Waals surface area contributed by atoms with Gasteiger partial charge in [-0.1, -0.05) is 17.7 Å². The Morgan fingerprint density at radius 3 is 2.28 bits per heavy atom. The predicted octanol–water partition coefficient (Wildman–Crippen LogP) is 2.23. The van der Waals surface area contributed by atoms with Crippen molar-refractivity contribution in [3.8, 4) is 6.07 Å². The maximum absolute atomic E-state index is 12.5. The molecule has 1 amide bonds. The molecule has 1 aromatic rings. The van der Waals surface area contributed by atoms with Crippen molar-refractivity contribution in [1.82, 2.24) is 10.0 Å². The van der Waals surface area contributed by atoms with E-state index in [1.807, 2.05) is 19.1 Å². The molecule has 136 valence electrons. The number of nitriles is 1. The molecular formula is C18H25N3O3S. The van der Waals surface area contributed by atoms with Crippen molar-refractivity contribution in [3.05, 3.63) is 28.8 Å². The monoisotopic (exact) mass is 363 g/mol. The number of sulfonamides is 1. The van der Waals surface area contributed by atoms with Gasteiger partial charge in [0.15, 0.2) is 0 Å². The van der Waals surface area contributed by atoms with E-state index in [-0.39, 0.29) is 23.8 Å². The lowest BCUT2D eigenvalue weighted by Gasteiger charge is -2.22. The van der Waals surface area contributed by atoms with Crippen LogP contribution in [-0.4, -0.2) is 26.4 Å². The molecule has 0 bridgehead atoms. The SMILES string of the molecule is Cc1cc(C)c(S(=O)(=O)NCCC(=O)NC2(C#N)CCCC2)c(C)c1. The second-order valence-electron chi connectivity index (χ2n) is 6.82. The molecule has 2 rings (SSSR count). The Morgan fingerprint density at radius 2 is 1.76 bits per heavy atom. The first kappa shape index (κ1) is 19.4. The Kier molecular flexibility index (Phi) is 5.86. The molecule has 0 unspecified atom stereocenters. The van der Waals surface area contributed by atoms with E-state index in [0.717, 1.165) is 18.4 Å². The van der Waals surface area contributed by atoms with Gasteiger partial charge in [-0.25, -0.2) is 13.1 Å². The van der Waals surface area contributed by atoms with Crippen molar-refractivity contribution in [3.63, 3.8) is 0 Å². The minimum Gasteiger partial charge on any atom is -0.338 e. The molecule has 25 heavy (non-hydrogen) atoms. The summed E-state index contributed by atoms with van der Waals surface area (Å²) < 4.78 is 27.6. The smallest absolute Gasteiger partial charge is 0.241 e. The first-order chi connectivity index (χ1) is 11.7. The summed E-state index contributed by atoms with van der Waals surface area (Å²) in [5.41, 5.74) is 1.60. The Morgan fingerprint density at radius 1 is 1.20 bits per heavy atom. The average Bonchev–Trinajstić information content (AvgIpc) is 2.94. The van der Waals surface area contributed by atoms with Crippen molar-refractivity contribution < 1.29 is 13.2 Å². The minimum absolute atomic E-state index is 0.00241. The van der Waals surface area contributed by atoms with E-state index >= 15 is 0 Å². The molecule has 0 radical (unpaired) electrons. The van der Waals surface area contributed by atoms with E-state index < -0.39 is 15.6 Å². The highest BCUT2D eigenvalue weighted by Crippen LogP contribution is 2.28. The van der Waals surface area contributed by atoms with Crippen LogP contribution in [0.15, 0.2) is 17.0 Å². The Balaban J connectivity index is 1.97. The van der Waals surface area contributed by atoms with Crippen molar-refractivity contribution in [2.45, 2.75) is 63.3 Å². The third-order valence-corrected chi connectivity index (χ3v) is 6.33. The zero-order valence-electron chi connectivity index (χ0n) is 15.0. The lowest BCUT2D eigenvalue weighted by molar-refractivity contribution is -0.122. The van der Waals surface area contributed by atoms with E-state index in [9.17, 15) is 18.5 Å². The molecule has 0 atom stereocenters. The second-order valence-corrected chi connectivity index (χ2v) is 8.53. The van der Waals surface area contributed by atoms with Gasteiger partial charge in [-0.15, -0.1) is 0 Å². The van der Waals surface area contributed by atoms with Crippen molar-refractivity contribution in [1.29, 1.82) is 5.26 Å². The van der Waals surface area contributed by atoms with Crippen LogP contribution in [0.2, 0.25) is 0 Å². The number of aryl methyl sites for hydroxylation is 3. The third-order valence-electron chi connectivity index (χ3n) is 4.57. The highest BCUT2D eigenvalue weighted by atomic mass is 32.2. The third kappa shape index (κ3) is 4.59. The summed E-state index contributed by atoms with van der Waals surface area (Å²) in [6.07, 6.45) is 3.16. The van der Waals surface area contributed by atoms with E-state index in [0.29, 0.717) is 24.0 Å². The van der Waals surface area contributed by atoms with E-state index in [1.165, 1.54) is 0 Å². The normalized spacial score (nSPS) is 16.4. The number of rotatable bonds is 6. The van der Waals surface area contributed by atoms with Crippen LogP contribution in [0.3, 0.4) is 0 Å². The van der Waals surface area contributed by atoms with Gasteiger partial charge in [0.2, 0.25) is 15.9 Å². The molecule has 1 fully saturated rings. The fourth-order valence-corrected chi connectivity index (χ4v) is 5.02. The average molecular weight is 363 g/mol. The van der Waals surface area contributed by atoms with Crippen LogP contribution in [0, 0.1) is 32.1 Å². The van der Waals surface area contributed by atoms with E-state index in [1.54, 1.807) is 13.8 Å². The van der Waals surface area contributed by atoms with Gasteiger partial charge in [-0.05, 0) is 57.6 Å². The highest BCUT2D eigenvalue weighted by Gasteiger charge is 2.35. The quantitative estimate of drug-likeness (QED) is 0.809. The zero-order valence-corrected chi connectivity index (χ0v) is 15.8. The van der Waals surface area contributed by atoms with Gasteiger partial charge in [0.05, 0.1) is 11.0 Å². The molecular weight excluding hydrogens is 338 g/mol. The number of carbonyl (C=O) groups excluding carboxylic acids is 1. The van der Waals surface area contributed by atoms with Gasteiger partial charge < -0.3 is 5.32 Å². The molecule has 0 saturated heterocycles. The largest absolute Gasteiger partial charge is 0.338 e. The number of carbonyl (C=O) groups is 1. The maximum Gasteiger partial charge on any atom is 0.241 e. The van der Waals surface area contributed by atoms with Crippen LogP contribution in [0.4, 0.5) is 0 Å². The van der Waals surface area contributed by atoms with Gasteiger partial charge in [-0.2, -0.15) is 5.26 Å². The number of nitrogens with one attached hydrogen (secondary N) is 2. The molecule has 0 aromatic heterocycles. The number of hydrogen-bond donors (Lipinski definition) is 2. The molecule has 1 saturated carbocycles. The Labute approximate surface area is 149 Å². The first-order valence-corrected chi connectivity index (χ1v) is 9.97. The maximum atomic E-state index is 12.5. The number of hydrogen-bond acceptors (Lipinski definition) is 4. The summed E-state index contributed by atoms with van der Waals surface area (Å²) in [6, 6.07) is 5.84. The standard InChI is InChI=1S/C18H25N3O3S/c1-13-10-14(2)17(15(3)11-13)25(23,24)20-9-6-16(22)21-18(12-19)7-4-5-8-18/h10-11,20H,4-9H2,1-3H3,(H,21,22). The summed E-state index contributed by atoms with van der Waals surface area (Å²) in [7, 11) is -3.68. The van der Waals surface area contributed by atoms with Crippen LogP contribution < -0.4 is 10.0 Å². The summed E-state index contributed by atoms with van der Waals surface area (Å²) in [5.74, 6) is -0.302. The first-order valence-electron chi connectivity index (χ1n) is 8.49. The molecule has 0 spiro atoms. The molecule has 6 nitrogen and oxygen atoms in total. The predicted molar refractivity (Wildman–Crippen MR) is 95.4 cm³/mol. The van der Waals surface area contributed by atoms with Gasteiger partial charge in [0.1, 0.15) is 5.54 Å². The van der Waals surface area contributed by atoms with Crippen LogP contribution in [0.5, 0.6) is 0 Å². The molecule has 0 heterocycles. The Bertz CT molecular complexity index is 780. The fourth-order valence-electron chi connectivity index (χ4n) is 3.53. The van der Waals surface area contributed by atoms with Gasteiger partial charge >= 0.3 is 0 Å². The van der Waals surface area contributed by atoms with E-state index in [2.05, 4.69) is 16.1 Å². The molecule has 1 aliphatic carbocycles. The Hall–Kier alpha value is -1.91. The van der Waals surface area contributed by atoms with Crippen LogP contribution in [0.25, 0.3) is 0 Å². The second kappa shape index (κ2) is 7.54. The topological polar surface area (TPSA) is 99.1 Å². The van der Waals surface area contributed by atoms with Gasteiger partial charge in [0, 0.05) is 13.0 Å². The molecule has 2 N–H and O–H groups in total. The summed E-state index contributed by atoms with van der Waals surface area (Å²) in [4.78, 5) is 12.3. The number of nitrogens with zero attached hydrogens (tertiary/aromatic N) is 1. The molecule has 7 heteroatoms. The molecule has 1 aromatic carbocycles. The number of benzene rings is 1. The zero-order chi connectivity index (χ0) is 18.7. The molecule has 1 aliphatic rings. The summed E-state index contributed by atoms with van der Waals surface area (Å²) >= 11 is 0. The fraction of sp³-hybridized carbons (Fsp3) is 0.556. The van der Waals surface area contributed by atoms with Crippen LogP contribution >= 0.6 is 0 Å². The highest BCUT2D eigenvalue weighted by molar-refractivity contribution is 7.89. The summed E-state index contributed by atoms with van der Waals surface area (Å²) in [5, 5.41) is 12.0. The van der Waals surface area contributed by atoms with Crippen molar-refractivity contribution >= 4 is 15.9 Å². The van der Waals surface area contributed by atoms with Gasteiger partial charge in [0.25, 0.3) is 0 Å². The van der Waals surface area contributed by atoms with Crippen molar-refractivity contribution in [2.75, 3.05) is 6.54 Å². The minimum atomic E-state index is -3.68. The van der Waals surface area contributed by atoms with E-state index in [4.69, 9.17) is 0 Å². The van der Waals surface area contributed by atoms with Gasteiger partial charge in [-0.3, -0.25) is 4.79 Å². The van der Waals surface area contributed by atoms with Crippen LogP contribution in [-0.2, 0) is 14.8 Å². The summed E-state index contributed by atoms with van der Waals surface area (Å²) in [6.45, 7) is 5.45. The van der Waals surface area contributed by atoms with Crippen molar-refractivity contribution in [2.24, 2.45) is 0 Å².